The molecule has 202 valence electrons. The summed E-state index contributed by atoms with van der Waals surface area (Å²) in [5.41, 5.74) is 5.67. The second-order valence-electron chi connectivity index (χ2n) is 9.87. The lowest BCUT2D eigenvalue weighted by molar-refractivity contribution is -0.384. The van der Waals surface area contributed by atoms with Crippen LogP contribution < -0.4 is 19.6 Å². The van der Waals surface area contributed by atoms with Gasteiger partial charge in [-0.3, -0.25) is 19.5 Å². The molecule has 2 aliphatic rings. The first kappa shape index (κ1) is 25.0. The number of ether oxygens (including phenoxy) is 1. The smallest absolute Gasteiger partial charge is 0.271 e. The van der Waals surface area contributed by atoms with Gasteiger partial charge in [-0.2, -0.15) is 0 Å². The van der Waals surface area contributed by atoms with Gasteiger partial charge in [0.1, 0.15) is 17.3 Å². The molecule has 0 saturated heterocycles. The fourth-order valence-corrected chi connectivity index (χ4v) is 6.66. The number of non-ortho nitro benzene ring substituents is 1. The van der Waals surface area contributed by atoms with Crippen molar-refractivity contribution in [2.24, 2.45) is 4.99 Å². The van der Waals surface area contributed by atoms with E-state index in [1.807, 2.05) is 36.4 Å². The van der Waals surface area contributed by atoms with E-state index in [9.17, 15) is 14.9 Å². The SMILES string of the molecule is COc1ccccc1[C@@H]1C2=C(N=c3s/c(=C/c4ccc(-c5cccc([N+](=O)[O-])c5)o4)c(=O)n31)c1ccccc1CC2. The molecule has 2 aromatic heterocycles. The number of allylic oxidation sites excluding steroid dienone is 1. The number of fused-ring (bicyclic) bond motifs is 3. The van der Waals surface area contributed by atoms with Crippen molar-refractivity contribution in [2.45, 2.75) is 18.9 Å². The Labute approximate surface area is 238 Å². The summed E-state index contributed by atoms with van der Waals surface area (Å²) in [6, 6.07) is 25.5. The minimum absolute atomic E-state index is 0.0179. The first-order valence-corrected chi connectivity index (χ1v) is 13.9. The molecule has 0 N–H and O–H groups in total. The van der Waals surface area contributed by atoms with Crippen molar-refractivity contribution in [3.05, 3.63) is 143 Å². The first-order valence-electron chi connectivity index (χ1n) is 13.1. The topological polar surface area (TPSA) is 99.9 Å². The van der Waals surface area contributed by atoms with Gasteiger partial charge < -0.3 is 9.15 Å². The number of para-hydroxylation sites is 1. The Kier molecular flexibility index (Phi) is 6.01. The van der Waals surface area contributed by atoms with Gasteiger partial charge in [-0.1, -0.05) is 65.9 Å². The van der Waals surface area contributed by atoms with Crippen molar-refractivity contribution in [3.8, 4) is 17.1 Å². The van der Waals surface area contributed by atoms with Crippen molar-refractivity contribution in [2.75, 3.05) is 7.11 Å². The second kappa shape index (κ2) is 9.87. The molecule has 3 aromatic carbocycles. The third kappa shape index (κ3) is 4.22. The maximum absolute atomic E-state index is 14.0. The van der Waals surface area contributed by atoms with E-state index in [0.717, 1.165) is 35.2 Å². The van der Waals surface area contributed by atoms with Crippen LogP contribution in [0.3, 0.4) is 0 Å². The molecule has 0 radical (unpaired) electrons. The van der Waals surface area contributed by atoms with E-state index >= 15 is 0 Å². The number of nitrogens with zero attached hydrogens (tertiary/aromatic N) is 3. The largest absolute Gasteiger partial charge is 0.496 e. The van der Waals surface area contributed by atoms with Gasteiger partial charge in [-0.15, -0.1) is 0 Å². The highest BCUT2D eigenvalue weighted by Crippen LogP contribution is 2.43. The van der Waals surface area contributed by atoms with Crippen molar-refractivity contribution < 1.29 is 14.1 Å². The van der Waals surface area contributed by atoms with E-state index in [1.165, 1.54) is 29.0 Å². The van der Waals surface area contributed by atoms with Gasteiger partial charge in [0.2, 0.25) is 0 Å². The number of nitro groups is 1. The maximum Gasteiger partial charge on any atom is 0.271 e. The molecule has 0 fully saturated rings. The van der Waals surface area contributed by atoms with Crippen LogP contribution in [-0.4, -0.2) is 16.6 Å². The molecule has 9 heteroatoms. The number of aromatic nitrogens is 1. The van der Waals surface area contributed by atoms with E-state index in [0.29, 0.717) is 32.2 Å². The standard InChI is InChI=1S/C32H23N3O5S/c1-39-27-12-5-4-11-24(27)30-25-15-13-19-7-2-3-10-23(19)29(25)33-32-34(30)31(36)28(41-32)18-22-14-16-26(40-22)20-8-6-9-21(17-20)35(37)38/h2-12,14,16-18,30H,13,15H2,1H3/b28-18+/t30-/m1/s1. The summed E-state index contributed by atoms with van der Waals surface area (Å²) in [5, 5.41) is 11.2. The van der Waals surface area contributed by atoms with Gasteiger partial charge in [0.15, 0.2) is 4.80 Å². The van der Waals surface area contributed by atoms with Crippen molar-refractivity contribution in [1.82, 2.24) is 4.57 Å². The van der Waals surface area contributed by atoms with Crippen LogP contribution in [0.2, 0.25) is 0 Å². The number of hydrogen-bond acceptors (Lipinski definition) is 7. The highest BCUT2D eigenvalue weighted by atomic mass is 32.1. The molecule has 7 rings (SSSR count). The Balaban J connectivity index is 1.39. The van der Waals surface area contributed by atoms with Crippen LogP contribution in [0.1, 0.15) is 34.9 Å². The highest BCUT2D eigenvalue weighted by molar-refractivity contribution is 7.07. The molecule has 0 saturated carbocycles. The summed E-state index contributed by atoms with van der Waals surface area (Å²) in [6.45, 7) is 0. The lowest BCUT2D eigenvalue weighted by Crippen LogP contribution is -2.38. The molecule has 3 heterocycles. The molecule has 0 spiro atoms. The molecule has 0 unspecified atom stereocenters. The van der Waals surface area contributed by atoms with Crippen molar-refractivity contribution in [1.29, 1.82) is 0 Å². The van der Waals surface area contributed by atoms with Gasteiger partial charge in [0, 0.05) is 34.9 Å². The molecule has 8 nitrogen and oxygen atoms in total. The number of hydrogen-bond donors (Lipinski definition) is 0. The van der Waals surface area contributed by atoms with Crippen LogP contribution in [0.25, 0.3) is 23.1 Å². The monoisotopic (exact) mass is 561 g/mol. The number of aryl methyl sites for hydroxylation is 1. The zero-order valence-electron chi connectivity index (χ0n) is 21.9. The number of benzene rings is 3. The first-order chi connectivity index (χ1) is 20.0. The summed E-state index contributed by atoms with van der Waals surface area (Å²) in [6.07, 6.45) is 3.36. The normalized spacial score (nSPS) is 16.0. The number of thiazole rings is 1. The van der Waals surface area contributed by atoms with Crippen LogP contribution in [0, 0.1) is 10.1 Å². The van der Waals surface area contributed by atoms with Crippen LogP contribution >= 0.6 is 11.3 Å². The van der Waals surface area contributed by atoms with Gasteiger partial charge in [-0.05, 0) is 42.2 Å². The molecule has 1 atom stereocenters. The third-order valence-electron chi connectivity index (χ3n) is 7.55. The van der Waals surface area contributed by atoms with Crippen molar-refractivity contribution in [3.63, 3.8) is 0 Å². The average Bonchev–Trinajstić information content (AvgIpc) is 3.60. The fraction of sp³-hybridized carbons (Fsp3) is 0.125. The summed E-state index contributed by atoms with van der Waals surface area (Å²) >= 11 is 1.31. The van der Waals surface area contributed by atoms with E-state index in [4.69, 9.17) is 14.1 Å². The zero-order valence-corrected chi connectivity index (χ0v) is 22.8. The predicted molar refractivity (Wildman–Crippen MR) is 157 cm³/mol. The minimum atomic E-state index is -0.440. The quantitative estimate of drug-likeness (QED) is 0.209. The van der Waals surface area contributed by atoms with E-state index in [2.05, 4.69) is 12.1 Å². The molecule has 41 heavy (non-hydrogen) atoms. The summed E-state index contributed by atoms with van der Waals surface area (Å²) < 4.78 is 14.0. The second-order valence-corrected chi connectivity index (χ2v) is 10.9. The molecule has 0 bridgehead atoms. The lowest BCUT2D eigenvalue weighted by atomic mass is 9.83. The Morgan fingerprint density at radius 3 is 2.73 bits per heavy atom. The summed E-state index contributed by atoms with van der Waals surface area (Å²) in [7, 11) is 1.64. The maximum atomic E-state index is 14.0. The summed E-state index contributed by atoms with van der Waals surface area (Å²) in [4.78, 5) is 30.4. The Morgan fingerprint density at radius 1 is 1.05 bits per heavy atom. The molecular weight excluding hydrogens is 538 g/mol. The number of nitro benzene ring substituents is 1. The molecule has 5 aromatic rings. The fourth-order valence-electron chi connectivity index (χ4n) is 5.68. The van der Waals surface area contributed by atoms with Gasteiger partial charge in [0.05, 0.1) is 28.3 Å². The molecular formula is C32H23N3O5S. The van der Waals surface area contributed by atoms with E-state index in [-0.39, 0.29) is 17.3 Å². The number of rotatable bonds is 5. The highest BCUT2D eigenvalue weighted by Gasteiger charge is 2.34. The zero-order chi connectivity index (χ0) is 28.1. The average molecular weight is 562 g/mol. The van der Waals surface area contributed by atoms with E-state index < -0.39 is 4.92 Å². The van der Waals surface area contributed by atoms with Gasteiger partial charge >= 0.3 is 0 Å². The predicted octanol–water partition coefficient (Wildman–Crippen LogP) is 5.50. The van der Waals surface area contributed by atoms with Crippen LogP contribution in [-0.2, 0) is 6.42 Å². The number of methoxy groups -OCH3 is 1. The molecule has 0 amide bonds. The third-order valence-corrected chi connectivity index (χ3v) is 8.53. The van der Waals surface area contributed by atoms with Crippen LogP contribution in [0.15, 0.2) is 105 Å². The van der Waals surface area contributed by atoms with Gasteiger partial charge in [0.25, 0.3) is 11.2 Å². The Morgan fingerprint density at radius 2 is 1.88 bits per heavy atom. The van der Waals surface area contributed by atoms with Crippen molar-refractivity contribution >= 4 is 28.8 Å². The molecule has 1 aliphatic carbocycles. The Hall–Kier alpha value is -5.02. The number of furan rings is 1. The van der Waals surface area contributed by atoms with Crippen LogP contribution in [0.5, 0.6) is 5.75 Å². The lowest BCUT2D eigenvalue weighted by Gasteiger charge is -2.31. The Bertz CT molecular complexity index is 2070. The molecule has 1 aliphatic heterocycles. The van der Waals surface area contributed by atoms with Crippen LogP contribution in [0.4, 0.5) is 5.69 Å². The van der Waals surface area contributed by atoms with Gasteiger partial charge in [-0.25, -0.2) is 4.99 Å². The minimum Gasteiger partial charge on any atom is -0.496 e. The summed E-state index contributed by atoms with van der Waals surface area (Å²) in [5.74, 6) is 1.67. The van der Waals surface area contributed by atoms with E-state index in [1.54, 1.807) is 42.0 Å².